The van der Waals surface area contributed by atoms with Crippen LogP contribution in [0.3, 0.4) is 0 Å². The molecule has 0 aliphatic carbocycles. The Hall–Kier alpha value is -2.73. The first-order valence-electron chi connectivity index (χ1n) is 11.6. The minimum absolute atomic E-state index is 0.0280. The standard InChI is InChI=1S/C26H34FN3O2/c1-3-30-15-13-21(16-20-9-11-23(27)12-10-20)17-25(30)8-5-14-28-26(32)29-24-7-4-6-22(18-24)19(2)31/h4,6-7,9-12,18,21,25H,3,5,8,13-17H2,1-2H3,(H2,28,29,32)/t21-,25-/m0/s1. The van der Waals surface area contributed by atoms with Crippen LogP contribution in [-0.2, 0) is 6.42 Å². The number of amides is 2. The van der Waals surface area contributed by atoms with E-state index < -0.39 is 0 Å². The summed E-state index contributed by atoms with van der Waals surface area (Å²) in [6, 6.07) is 14.1. The number of likely N-dealkylation sites (tertiary alicyclic amines) is 1. The number of nitrogens with one attached hydrogen (secondary N) is 2. The fraction of sp³-hybridized carbons (Fsp3) is 0.462. The van der Waals surface area contributed by atoms with Gasteiger partial charge in [-0.05, 0) is 87.9 Å². The quantitative estimate of drug-likeness (QED) is 0.413. The highest BCUT2D eigenvalue weighted by Crippen LogP contribution is 2.28. The molecular weight excluding hydrogens is 405 g/mol. The predicted octanol–water partition coefficient (Wildman–Crippen LogP) is 5.27. The SMILES string of the molecule is CCN1CC[C@@H](Cc2ccc(F)cc2)C[C@@H]1CCCNC(=O)Nc1cccc(C(C)=O)c1. The van der Waals surface area contributed by atoms with Crippen molar-refractivity contribution in [2.24, 2.45) is 5.92 Å². The van der Waals surface area contributed by atoms with Gasteiger partial charge in [0.15, 0.2) is 5.78 Å². The van der Waals surface area contributed by atoms with E-state index in [4.69, 9.17) is 0 Å². The molecule has 172 valence electrons. The van der Waals surface area contributed by atoms with Crippen LogP contribution in [-0.4, -0.2) is 42.4 Å². The number of ketones is 1. The van der Waals surface area contributed by atoms with Gasteiger partial charge in [-0.3, -0.25) is 4.79 Å². The van der Waals surface area contributed by atoms with E-state index in [1.54, 1.807) is 36.4 Å². The van der Waals surface area contributed by atoms with Gasteiger partial charge in [0.2, 0.25) is 0 Å². The molecule has 2 aromatic rings. The van der Waals surface area contributed by atoms with Crippen molar-refractivity contribution in [3.8, 4) is 0 Å². The molecule has 2 amide bonds. The number of halogens is 1. The van der Waals surface area contributed by atoms with Gasteiger partial charge in [0, 0.05) is 23.8 Å². The molecule has 0 bridgehead atoms. The van der Waals surface area contributed by atoms with Crippen LogP contribution in [0, 0.1) is 11.7 Å². The Kier molecular flexibility index (Phi) is 8.80. The molecular formula is C26H34FN3O2. The van der Waals surface area contributed by atoms with E-state index >= 15 is 0 Å². The van der Waals surface area contributed by atoms with Crippen molar-refractivity contribution in [2.45, 2.75) is 52.0 Å². The second kappa shape index (κ2) is 11.8. The Morgan fingerprint density at radius 2 is 1.94 bits per heavy atom. The number of carbonyl (C=O) groups excluding carboxylic acids is 2. The minimum Gasteiger partial charge on any atom is -0.338 e. The highest BCUT2D eigenvalue weighted by Gasteiger charge is 2.27. The first-order chi connectivity index (χ1) is 15.4. The molecule has 1 saturated heterocycles. The summed E-state index contributed by atoms with van der Waals surface area (Å²) in [4.78, 5) is 26.2. The molecule has 1 aliphatic heterocycles. The zero-order valence-corrected chi connectivity index (χ0v) is 19.1. The first kappa shape index (κ1) is 23.9. The second-order valence-electron chi connectivity index (χ2n) is 8.66. The van der Waals surface area contributed by atoms with Crippen molar-refractivity contribution in [3.63, 3.8) is 0 Å². The van der Waals surface area contributed by atoms with Crippen molar-refractivity contribution in [1.82, 2.24) is 10.2 Å². The van der Waals surface area contributed by atoms with Crippen LogP contribution in [0.25, 0.3) is 0 Å². The van der Waals surface area contributed by atoms with Crippen molar-refractivity contribution < 1.29 is 14.0 Å². The van der Waals surface area contributed by atoms with E-state index in [2.05, 4.69) is 22.5 Å². The lowest BCUT2D eigenvalue weighted by Gasteiger charge is -2.39. The average molecular weight is 440 g/mol. The van der Waals surface area contributed by atoms with Gasteiger partial charge >= 0.3 is 6.03 Å². The molecule has 0 saturated carbocycles. The molecule has 2 aromatic carbocycles. The maximum atomic E-state index is 13.2. The van der Waals surface area contributed by atoms with Crippen LogP contribution >= 0.6 is 0 Å². The topological polar surface area (TPSA) is 61.4 Å². The molecule has 2 N–H and O–H groups in total. The van der Waals surface area contributed by atoms with Gasteiger partial charge in [-0.1, -0.05) is 31.2 Å². The van der Waals surface area contributed by atoms with Gasteiger partial charge in [0.1, 0.15) is 5.82 Å². The number of hydrogen-bond donors (Lipinski definition) is 2. The Morgan fingerprint density at radius 3 is 2.66 bits per heavy atom. The smallest absolute Gasteiger partial charge is 0.319 e. The molecule has 0 unspecified atom stereocenters. The number of rotatable bonds is 9. The van der Waals surface area contributed by atoms with Gasteiger partial charge in [0.05, 0.1) is 0 Å². The number of hydrogen-bond acceptors (Lipinski definition) is 3. The Labute approximate surface area is 190 Å². The van der Waals surface area contributed by atoms with E-state index in [1.807, 2.05) is 12.1 Å². The lowest BCUT2D eigenvalue weighted by atomic mass is 9.84. The molecule has 3 rings (SSSR count). The van der Waals surface area contributed by atoms with Crippen LogP contribution in [0.15, 0.2) is 48.5 Å². The number of Topliss-reactive ketones (excluding diaryl/α,β-unsaturated/α-hetero) is 1. The Bertz CT molecular complexity index is 900. The first-order valence-corrected chi connectivity index (χ1v) is 11.6. The van der Waals surface area contributed by atoms with E-state index in [0.29, 0.717) is 29.8 Å². The summed E-state index contributed by atoms with van der Waals surface area (Å²) in [5.74, 6) is 0.397. The average Bonchev–Trinajstić information content (AvgIpc) is 2.78. The molecule has 1 heterocycles. The lowest BCUT2D eigenvalue weighted by molar-refractivity contribution is 0.101. The summed E-state index contributed by atoms with van der Waals surface area (Å²) in [6.45, 7) is 6.44. The molecule has 2 atom stereocenters. The van der Waals surface area contributed by atoms with Crippen molar-refractivity contribution >= 4 is 17.5 Å². The van der Waals surface area contributed by atoms with Crippen LogP contribution in [0.2, 0.25) is 0 Å². The fourth-order valence-electron chi connectivity index (χ4n) is 4.57. The molecule has 1 fully saturated rings. The minimum atomic E-state index is -0.254. The Balaban J connectivity index is 1.42. The summed E-state index contributed by atoms with van der Waals surface area (Å²) in [7, 11) is 0. The predicted molar refractivity (Wildman–Crippen MR) is 127 cm³/mol. The second-order valence-corrected chi connectivity index (χ2v) is 8.66. The summed E-state index contributed by atoms with van der Waals surface area (Å²) in [6.07, 6.45) is 5.24. The van der Waals surface area contributed by atoms with E-state index in [1.165, 1.54) is 18.9 Å². The molecule has 32 heavy (non-hydrogen) atoms. The Morgan fingerprint density at radius 1 is 1.16 bits per heavy atom. The zero-order valence-electron chi connectivity index (χ0n) is 19.1. The third kappa shape index (κ3) is 7.16. The molecule has 0 spiro atoms. The summed E-state index contributed by atoms with van der Waals surface area (Å²) < 4.78 is 13.2. The van der Waals surface area contributed by atoms with Gasteiger partial charge in [0.25, 0.3) is 0 Å². The van der Waals surface area contributed by atoms with E-state index in [9.17, 15) is 14.0 Å². The zero-order chi connectivity index (χ0) is 22.9. The normalized spacial score (nSPS) is 18.8. The van der Waals surface area contributed by atoms with Crippen molar-refractivity contribution in [3.05, 3.63) is 65.5 Å². The van der Waals surface area contributed by atoms with Gasteiger partial charge < -0.3 is 15.5 Å². The van der Waals surface area contributed by atoms with Crippen LogP contribution in [0.5, 0.6) is 0 Å². The number of benzene rings is 2. The number of urea groups is 1. The van der Waals surface area contributed by atoms with Crippen molar-refractivity contribution in [2.75, 3.05) is 25.0 Å². The highest BCUT2D eigenvalue weighted by atomic mass is 19.1. The molecule has 6 heteroatoms. The number of piperidine rings is 1. The molecule has 1 aliphatic rings. The maximum absolute atomic E-state index is 13.2. The van der Waals surface area contributed by atoms with Crippen molar-refractivity contribution in [1.29, 1.82) is 0 Å². The third-order valence-corrected chi connectivity index (χ3v) is 6.32. The van der Waals surface area contributed by atoms with Gasteiger partial charge in [-0.15, -0.1) is 0 Å². The summed E-state index contributed by atoms with van der Waals surface area (Å²) in [5, 5.41) is 5.71. The molecule has 0 aromatic heterocycles. The highest BCUT2D eigenvalue weighted by molar-refractivity contribution is 5.96. The van der Waals surface area contributed by atoms with Crippen LogP contribution < -0.4 is 10.6 Å². The van der Waals surface area contributed by atoms with Crippen LogP contribution in [0.1, 0.15) is 55.5 Å². The van der Waals surface area contributed by atoms with E-state index in [-0.39, 0.29) is 17.6 Å². The largest absolute Gasteiger partial charge is 0.338 e. The molecule has 0 radical (unpaired) electrons. The monoisotopic (exact) mass is 439 g/mol. The third-order valence-electron chi connectivity index (χ3n) is 6.32. The summed E-state index contributed by atoms with van der Waals surface area (Å²) >= 11 is 0. The maximum Gasteiger partial charge on any atom is 0.319 e. The summed E-state index contributed by atoms with van der Waals surface area (Å²) in [5.41, 5.74) is 2.39. The van der Waals surface area contributed by atoms with E-state index in [0.717, 1.165) is 38.8 Å². The molecule has 5 nitrogen and oxygen atoms in total. The number of carbonyl (C=O) groups is 2. The van der Waals surface area contributed by atoms with Crippen LogP contribution in [0.4, 0.5) is 14.9 Å². The number of nitrogens with zero attached hydrogens (tertiary/aromatic N) is 1. The van der Waals surface area contributed by atoms with Gasteiger partial charge in [-0.2, -0.15) is 0 Å². The number of anilines is 1. The lowest BCUT2D eigenvalue weighted by Crippen LogP contribution is -2.43. The van der Waals surface area contributed by atoms with Gasteiger partial charge in [-0.25, -0.2) is 9.18 Å². The fourth-order valence-corrected chi connectivity index (χ4v) is 4.57.